The van der Waals surface area contributed by atoms with Gasteiger partial charge in [-0.25, -0.2) is 4.79 Å². The van der Waals surface area contributed by atoms with E-state index in [9.17, 15) is 9.59 Å². The molecule has 0 fully saturated rings. The average molecular weight is 248 g/mol. The molecule has 0 radical (unpaired) electrons. The second-order valence-corrected chi connectivity index (χ2v) is 3.80. The van der Waals surface area contributed by atoms with E-state index in [0.29, 0.717) is 17.8 Å². The Morgan fingerprint density at radius 2 is 2.17 bits per heavy atom. The van der Waals surface area contributed by atoms with E-state index in [1.54, 1.807) is 25.1 Å². The van der Waals surface area contributed by atoms with Gasteiger partial charge in [-0.2, -0.15) is 0 Å². The minimum absolute atomic E-state index is 0.181. The van der Waals surface area contributed by atoms with E-state index in [1.807, 2.05) is 0 Å². The summed E-state index contributed by atoms with van der Waals surface area (Å²) < 4.78 is 0. The summed E-state index contributed by atoms with van der Waals surface area (Å²) in [6, 6.07) is 4.68. The van der Waals surface area contributed by atoms with Gasteiger partial charge in [0.1, 0.15) is 0 Å². The normalized spacial score (nSPS) is 9.83. The van der Waals surface area contributed by atoms with Gasteiger partial charge in [-0.05, 0) is 30.7 Å². The van der Waals surface area contributed by atoms with Crippen LogP contribution in [0.3, 0.4) is 0 Å². The lowest BCUT2D eigenvalue weighted by atomic mass is 10.1. The van der Waals surface area contributed by atoms with Crippen LogP contribution in [0.25, 0.3) is 0 Å². The van der Waals surface area contributed by atoms with Gasteiger partial charge in [-0.3, -0.25) is 4.79 Å². The van der Waals surface area contributed by atoms with Crippen molar-refractivity contribution in [3.8, 4) is 0 Å². The molecule has 0 heterocycles. The van der Waals surface area contributed by atoms with Gasteiger partial charge in [0, 0.05) is 12.2 Å². The third-order valence-corrected chi connectivity index (χ3v) is 2.31. The van der Waals surface area contributed by atoms with E-state index in [1.165, 1.54) is 6.07 Å². The number of rotatable bonds is 6. The molecule has 0 atom stereocenters. The van der Waals surface area contributed by atoms with Crippen molar-refractivity contribution >= 4 is 17.6 Å². The predicted molar refractivity (Wildman–Crippen MR) is 69.8 cm³/mol. The van der Waals surface area contributed by atoms with Crippen LogP contribution in [0.5, 0.6) is 0 Å². The first-order valence-electron chi connectivity index (χ1n) is 5.50. The summed E-state index contributed by atoms with van der Waals surface area (Å²) in [7, 11) is 0. The summed E-state index contributed by atoms with van der Waals surface area (Å²) in [6.07, 6.45) is 1.67. The Morgan fingerprint density at radius 1 is 1.44 bits per heavy atom. The first kappa shape index (κ1) is 13.9. The van der Waals surface area contributed by atoms with Crippen molar-refractivity contribution in [2.24, 2.45) is 0 Å². The van der Waals surface area contributed by atoms with Crippen LogP contribution in [0, 0.1) is 6.92 Å². The van der Waals surface area contributed by atoms with Crippen LogP contribution in [0.2, 0.25) is 0 Å². The summed E-state index contributed by atoms with van der Waals surface area (Å²) in [5.74, 6) is -1.16. The zero-order chi connectivity index (χ0) is 13.5. The van der Waals surface area contributed by atoms with Crippen molar-refractivity contribution in [2.45, 2.75) is 6.92 Å². The number of nitrogens with one attached hydrogen (secondary N) is 2. The van der Waals surface area contributed by atoms with Gasteiger partial charge in [-0.15, -0.1) is 6.58 Å². The van der Waals surface area contributed by atoms with Gasteiger partial charge >= 0.3 is 5.97 Å². The molecule has 1 rings (SSSR count). The molecule has 0 aliphatic carbocycles. The minimum Gasteiger partial charge on any atom is -0.478 e. The van der Waals surface area contributed by atoms with Crippen LogP contribution in [-0.2, 0) is 4.79 Å². The van der Waals surface area contributed by atoms with E-state index in [4.69, 9.17) is 5.11 Å². The molecule has 1 amide bonds. The fraction of sp³-hybridized carbons (Fsp3) is 0.231. The van der Waals surface area contributed by atoms with Crippen LogP contribution >= 0.6 is 0 Å². The Hall–Kier alpha value is -2.14. The SMILES string of the molecule is C=CCNCC(=O)Nc1ccc(C(=O)O)c(C)c1. The van der Waals surface area contributed by atoms with Crippen molar-refractivity contribution in [3.63, 3.8) is 0 Å². The Labute approximate surface area is 106 Å². The molecule has 0 unspecified atom stereocenters. The van der Waals surface area contributed by atoms with Crippen LogP contribution in [0.15, 0.2) is 30.9 Å². The lowest BCUT2D eigenvalue weighted by Crippen LogP contribution is -2.28. The molecule has 0 saturated carbocycles. The fourth-order valence-electron chi connectivity index (χ4n) is 1.47. The third kappa shape index (κ3) is 4.03. The van der Waals surface area contributed by atoms with Gasteiger partial charge in [-0.1, -0.05) is 6.08 Å². The third-order valence-electron chi connectivity index (χ3n) is 2.31. The first-order chi connectivity index (χ1) is 8.54. The highest BCUT2D eigenvalue weighted by molar-refractivity contribution is 5.94. The smallest absolute Gasteiger partial charge is 0.335 e. The number of carbonyl (C=O) groups excluding carboxylic acids is 1. The molecular formula is C13H16N2O3. The Bertz CT molecular complexity index is 469. The average Bonchev–Trinajstić information content (AvgIpc) is 2.28. The molecule has 1 aromatic carbocycles. The Morgan fingerprint density at radius 3 is 2.72 bits per heavy atom. The van der Waals surface area contributed by atoms with Gasteiger partial charge < -0.3 is 15.7 Å². The topological polar surface area (TPSA) is 78.4 Å². The highest BCUT2D eigenvalue weighted by Gasteiger charge is 2.08. The quantitative estimate of drug-likeness (QED) is 0.525. The van der Waals surface area contributed by atoms with Crippen LogP contribution in [0.1, 0.15) is 15.9 Å². The van der Waals surface area contributed by atoms with Crippen LogP contribution in [0.4, 0.5) is 5.69 Å². The molecule has 5 nitrogen and oxygen atoms in total. The number of anilines is 1. The van der Waals surface area contributed by atoms with Crippen molar-refractivity contribution in [3.05, 3.63) is 42.0 Å². The summed E-state index contributed by atoms with van der Waals surface area (Å²) in [5, 5.41) is 14.4. The van der Waals surface area contributed by atoms with E-state index in [0.717, 1.165) is 0 Å². The maximum absolute atomic E-state index is 11.5. The largest absolute Gasteiger partial charge is 0.478 e. The number of hydrogen-bond acceptors (Lipinski definition) is 3. The monoisotopic (exact) mass is 248 g/mol. The number of hydrogen-bond donors (Lipinski definition) is 3. The van der Waals surface area contributed by atoms with Gasteiger partial charge in [0.05, 0.1) is 12.1 Å². The van der Waals surface area contributed by atoms with Crippen molar-refractivity contribution in [1.82, 2.24) is 5.32 Å². The van der Waals surface area contributed by atoms with Gasteiger partial charge in [0.15, 0.2) is 0 Å². The fourth-order valence-corrected chi connectivity index (χ4v) is 1.47. The Kier molecular flexibility index (Phi) is 5.07. The summed E-state index contributed by atoms with van der Waals surface area (Å²) in [5.41, 5.74) is 1.43. The maximum atomic E-state index is 11.5. The molecule has 18 heavy (non-hydrogen) atoms. The van der Waals surface area contributed by atoms with Gasteiger partial charge in [0.25, 0.3) is 0 Å². The van der Waals surface area contributed by atoms with E-state index in [-0.39, 0.29) is 18.0 Å². The highest BCUT2D eigenvalue weighted by atomic mass is 16.4. The number of carboxylic acids is 1. The standard InChI is InChI=1S/C13H16N2O3/c1-3-6-14-8-12(16)15-10-4-5-11(13(17)18)9(2)7-10/h3-5,7,14H,1,6,8H2,2H3,(H,15,16)(H,17,18). The maximum Gasteiger partial charge on any atom is 0.335 e. The molecule has 1 aromatic rings. The van der Waals surface area contributed by atoms with Crippen molar-refractivity contribution < 1.29 is 14.7 Å². The molecule has 3 N–H and O–H groups in total. The number of carboxylic acid groups (broad SMARTS) is 1. The number of amides is 1. The molecule has 0 aliphatic rings. The molecule has 0 aliphatic heterocycles. The van der Waals surface area contributed by atoms with E-state index in [2.05, 4.69) is 17.2 Å². The molecular weight excluding hydrogens is 232 g/mol. The number of benzene rings is 1. The second kappa shape index (κ2) is 6.56. The molecule has 5 heteroatoms. The lowest BCUT2D eigenvalue weighted by Gasteiger charge is -2.08. The minimum atomic E-state index is -0.974. The first-order valence-corrected chi connectivity index (χ1v) is 5.50. The van der Waals surface area contributed by atoms with Crippen molar-refractivity contribution in [2.75, 3.05) is 18.4 Å². The predicted octanol–water partition coefficient (Wildman–Crippen LogP) is 1.41. The molecule has 0 aromatic heterocycles. The van der Waals surface area contributed by atoms with Gasteiger partial charge in [0.2, 0.25) is 5.91 Å². The van der Waals surface area contributed by atoms with E-state index < -0.39 is 5.97 Å². The summed E-state index contributed by atoms with van der Waals surface area (Å²) in [4.78, 5) is 22.3. The second-order valence-electron chi connectivity index (χ2n) is 3.80. The molecule has 0 spiro atoms. The lowest BCUT2D eigenvalue weighted by molar-refractivity contribution is -0.115. The number of aryl methyl sites for hydroxylation is 1. The molecule has 0 bridgehead atoms. The summed E-state index contributed by atoms with van der Waals surface area (Å²) in [6.45, 7) is 5.97. The van der Waals surface area contributed by atoms with Crippen LogP contribution < -0.4 is 10.6 Å². The highest BCUT2D eigenvalue weighted by Crippen LogP contribution is 2.14. The van der Waals surface area contributed by atoms with E-state index >= 15 is 0 Å². The Balaban J connectivity index is 2.63. The zero-order valence-electron chi connectivity index (χ0n) is 10.2. The van der Waals surface area contributed by atoms with Crippen LogP contribution in [-0.4, -0.2) is 30.1 Å². The summed E-state index contributed by atoms with van der Waals surface area (Å²) >= 11 is 0. The zero-order valence-corrected chi connectivity index (χ0v) is 10.2. The number of carbonyl (C=O) groups is 2. The number of aromatic carboxylic acids is 1. The van der Waals surface area contributed by atoms with Crippen molar-refractivity contribution in [1.29, 1.82) is 0 Å². The molecule has 0 saturated heterocycles. The molecule has 96 valence electrons.